The van der Waals surface area contributed by atoms with E-state index in [4.69, 9.17) is 13.9 Å². The Labute approximate surface area is 272 Å². The first-order valence-corrected chi connectivity index (χ1v) is 16.6. The van der Waals surface area contributed by atoms with E-state index in [-0.39, 0.29) is 48.9 Å². The summed E-state index contributed by atoms with van der Waals surface area (Å²) in [5, 5.41) is 11.3. The average Bonchev–Trinajstić information content (AvgIpc) is 3.59. The first kappa shape index (κ1) is 34.3. The van der Waals surface area contributed by atoms with Crippen molar-refractivity contribution in [2.24, 2.45) is 34.0 Å². The SMILES string of the molecule is C[C@@H]1C[C@H]2[C@@H]3C[C@H](F)C4=CC(=O)C=C[C@]4(C)[C@@]3(F)[C@@H](O)C[C@]2(C)[C@@]1(OC(=O)c1ccco1)C(=O)SC/C=C\COC(=O)C(C)(C)C. The normalized spacial score (nSPS) is 38.5. The summed E-state index contributed by atoms with van der Waals surface area (Å²) in [5.74, 6) is -3.95. The van der Waals surface area contributed by atoms with Gasteiger partial charge in [0.05, 0.1) is 17.8 Å². The highest BCUT2D eigenvalue weighted by Crippen LogP contribution is 2.72. The number of carbonyl (C=O) groups is 4. The van der Waals surface area contributed by atoms with Gasteiger partial charge in [-0.15, -0.1) is 0 Å². The van der Waals surface area contributed by atoms with Crippen LogP contribution in [-0.4, -0.2) is 63.8 Å². The molecule has 0 aromatic carbocycles. The van der Waals surface area contributed by atoms with Crippen LogP contribution >= 0.6 is 11.8 Å². The van der Waals surface area contributed by atoms with Crippen molar-refractivity contribution >= 4 is 34.6 Å². The molecule has 0 bridgehead atoms. The molecule has 4 aliphatic carbocycles. The number of aliphatic hydroxyl groups excluding tert-OH is 1. The fraction of sp³-hybridized carbons (Fsp3) is 0.600. The standard InChI is InChI=1S/C35H42F2O8S/c1-20-16-22-23-18-25(36)24-17-21(38)11-12-32(24,5)34(23,37)27(39)19-33(22,6)35(20,45-28(40)26-10-9-14-43-26)30(42)46-15-8-7-13-44-29(41)31(2,3)4/h7-12,14,17,20,22-23,25,27,39H,13,15-16,18-19H2,1-6H3/b8-7-/t20-,22+,23+,25+,27+,32+,33+,34+,35+/m1/s1. The van der Waals surface area contributed by atoms with Gasteiger partial charge >= 0.3 is 11.9 Å². The van der Waals surface area contributed by atoms with E-state index in [1.54, 1.807) is 46.8 Å². The second-order valence-electron chi connectivity index (χ2n) is 14.5. The first-order chi connectivity index (χ1) is 21.4. The molecule has 3 saturated carbocycles. The summed E-state index contributed by atoms with van der Waals surface area (Å²) in [6.07, 6.45) is 4.70. The van der Waals surface area contributed by atoms with E-state index in [1.807, 2.05) is 0 Å². The van der Waals surface area contributed by atoms with Crippen LogP contribution in [0, 0.1) is 34.0 Å². The minimum Gasteiger partial charge on any atom is -0.461 e. The summed E-state index contributed by atoms with van der Waals surface area (Å²) in [5.41, 5.74) is -7.67. The molecular weight excluding hydrogens is 618 g/mol. The highest BCUT2D eigenvalue weighted by atomic mass is 32.2. The molecule has 250 valence electrons. The van der Waals surface area contributed by atoms with E-state index in [0.29, 0.717) is 0 Å². The number of carbonyl (C=O) groups excluding carboxylic acids is 4. The van der Waals surface area contributed by atoms with E-state index in [9.17, 15) is 24.3 Å². The van der Waals surface area contributed by atoms with Gasteiger partial charge in [-0.05, 0) is 82.7 Å². The molecule has 46 heavy (non-hydrogen) atoms. The Morgan fingerprint density at radius 1 is 1.17 bits per heavy atom. The van der Waals surface area contributed by atoms with Gasteiger partial charge in [-0.2, -0.15) is 0 Å². The van der Waals surface area contributed by atoms with Crippen molar-refractivity contribution < 1.29 is 47.0 Å². The van der Waals surface area contributed by atoms with Crippen LogP contribution in [0.1, 0.15) is 71.4 Å². The zero-order valence-electron chi connectivity index (χ0n) is 27.0. The smallest absolute Gasteiger partial charge is 0.375 e. The topological polar surface area (TPSA) is 120 Å². The number of hydrogen-bond donors (Lipinski definition) is 1. The van der Waals surface area contributed by atoms with Crippen molar-refractivity contribution in [3.63, 3.8) is 0 Å². The van der Waals surface area contributed by atoms with E-state index < -0.39 is 74.4 Å². The summed E-state index contributed by atoms with van der Waals surface area (Å²) >= 11 is 0.901. The van der Waals surface area contributed by atoms with Gasteiger partial charge in [0.15, 0.2) is 17.1 Å². The second-order valence-corrected chi connectivity index (χ2v) is 15.5. The zero-order valence-corrected chi connectivity index (χ0v) is 27.8. The Kier molecular flexibility index (Phi) is 8.86. The second kappa shape index (κ2) is 11.9. The molecule has 1 aromatic heterocycles. The van der Waals surface area contributed by atoms with E-state index in [0.717, 1.165) is 17.8 Å². The maximum absolute atomic E-state index is 17.7. The minimum absolute atomic E-state index is 0.00885. The molecule has 0 unspecified atom stereocenters. The lowest BCUT2D eigenvalue weighted by Crippen LogP contribution is -2.70. The van der Waals surface area contributed by atoms with E-state index >= 15 is 8.78 Å². The van der Waals surface area contributed by atoms with Gasteiger partial charge in [-0.25, -0.2) is 13.6 Å². The molecule has 1 heterocycles. The third-order valence-corrected chi connectivity index (χ3v) is 11.8. The monoisotopic (exact) mass is 660 g/mol. The molecule has 1 N–H and O–H groups in total. The van der Waals surface area contributed by atoms with Crippen LogP contribution in [-0.2, 0) is 23.9 Å². The largest absolute Gasteiger partial charge is 0.461 e. The number of halogens is 2. The van der Waals surface area contributed by atoms with Crippen molar-refractivity contribution in [1.82, 2.24) is 0 Å². The molecule has 8 nitrogen and oxygen atoms in total. The molecule has 9 atom stereocenters. The predicted octanol–water partition coefficient (Wildman–Crippen LogP) is 6.15. The van der Waals surface area contributed by atoms with E-state index in [2.05, 4.69) is 0 Å². The first-order valence-electron chi connectivity index (χ1n) is 15.7. The quantitative estimate of drug-likeness (QED) is 0.271. The van der Waals surface area contributed by atoms with Gasteiger partial charge in [0, 0.05) is 28.4 Å². The minimum atomic E-state index is -2.34. The summed E-state index contributed by atoms with van der Waals surface area (Å²) in [7, 11) is 0. The molecule has 0 radical (unpaired) electrons. The van der Waals surface area contributed by atoms with Crippen molar-refractivity contribution in [3.05, 3.63) is 60.1 Å². The number of furan rings is 1. The fourth-order valence-electron chi connectivity index (χ4n) is 8.52. The number of thioether (sulfide) groups is 1. The maximum Gasteiger partial charge on any atom is 0.375 e. The molecule has 1 aromatic rings. The molecule has 5 rings (SSSR count). The number of fused-ring (bicyclic) bond motifs is 5. The van der Waals surface area contributed by atoms with Crippen molar-refractivity contribution in [2.45, 2.75) is 84.4 Å². The highest BCUT2D eigenvalue weighted by molar-refractivity contribution is 8.14. The lowest BCUT2D eigenvalue weighted by atomic mass is 9.44. The van der Waals surface area contributed by atoms with Crippen molar-refractivity contribution in [1.29, 1.82) is 0 Å². The summed E-state index contributed by atoms with van der Waals surface area (Å²) < 4.78 is 50.3. The lowest BCUT2D eigenvalue weighted by Gasteiger charge is -2.63. The van der Waals surface area contributed by atoms with Gasteiger partial charge in [0.2, 0.25) is 10.9 Å². The Bertz CT molecular complexity index is 1490. The van der Waals surface area contributed by atoms with Crippen LogP contribution in [0.5, 0.6) is 0 Å². The molecule has 4 aliphatic rings. The number of rotatable bonds is 7. The van der Waals surface area contributed by atoms with Crippen LogP contribution in [0.4, 0.5) is 8.78 Å². The van der Waals surface area contributed by atoms with Crippen LogP contribution in [0.15, 0.2) is 58.8 Å². The molecule has 0 aliphatic heterocycles. The molecule has 11 heteroatoms. The molecular formula is C35H42F2O8S. The number of aliphatic hydroxyl groups is 1. The van der Waals surface area contributed by atoms with Gasteiger partial charge < -0.3 is 19.0 Å². The molecule has 0 amide bonds. The number of allylic oxidation sites excluding steroid dienone is 4. The van der Waals surface area contributed by atoms with Crippen LogP contribution < -0.4 is 0 Å². The van der Waals surface area contributed by atoms with Crippen LogP contribution in [0.3, 0.4) is 0 Å². The molecule has 0 spiro atoms. The zero-order chi connectivity index (χ0) is 33.9. The van der Waals surface area contributed by atoms with Crippen molar-refractivity contribution in [3.8, 4) is 0 Å². The fourth-order valence-corrected chi connectivity index (χ4v) is 9.59. The van der Waals surface area contributed by atoms with Gasteiger partial charge in [0.1, 0.15) is 12.8 Å². The number of esters is 2. The maximum atomic E-state index is 17.7. The number of hydrogen-bond acceptors (Lipinski definition) is 9. The third kappa shape index (κ3) is 5.12. The number of alkyl halides is 2. The average molecular weight is 661 g/mol. The number of ketones is 1. The van der Waals surface area contributed by atoms with E-state index in [1.165, 1.54) is 37.5 Å². The Morgan fingerprint density at radius 3 is 2.54 bits per heavy atom. The predicted molar refractivity (Wildman–Crippen MR) is 167 cm³/mol. The summed E-state index contributed by atoms with van der Waals surface area (Å²) in [6.45, 7) is 10.2. The summed E-state index contributed by atoms with van der Waals surface area (Å²) in [4.78, 5) is 52.0. The Morgan fingerprint density at radius 2 is 1.89 bits per heavy atom. The van der Waals surface area contributed by atoms with Crippen molar-refractivity contribution in [2.75, 3.05) is 12.4 Å². The van der Waals surface area contributed by atoms with Gasteiger partial charge in [-0.1, -0.05) is 43.8 Å². The third-order valence-electron chi connectivity index (χ3n) is 10.8. The Hall–Kier alpha value is -3.05. The summed E-state index contributed by atoms with van der Waals surface area (Å²) in [6, 6.07) is 2.93. The van der Waals surface area contributed by atoms with Crippen LogP contribution in [0.25, 0.3) is 0 Å². The number of ether oxygens (including phenoxy) is 2. The van der Waals surface area contributed by atoms with Gasteiger partial charge in [0.25, 0.3) is 0 Å². The molecule has 0 saturated heterocycles. The van der Waals surface area contributed by atoms with Crippen LogP contribution in [0.2, 0.25) is 0 Å². The Balaban J connectivity index is 1.48. The lowest BCUT2D eigenvalue weighted by molar-refractivity contribution is -0.221. The molecule has 3 fully saturated rings. The van der Waals surface area contributed by atoms with Gasteiger partial charge in [-0.3, -0.25) is 14.4 Å². The highest BCUT2D eigenvalue weighted by Gasteiger charge is 2.78.